The normalized spacial score (nSPS) is 19.2. The van der Waals surface area contributed by atoms with Gasteiger partial charge in [-0.15, -0.1) is 0 Å². The first kappa shape index (κ1) is 14.2. The summed E-state index contributed by atoms with van der Waals surface area (Å²) in [4.78, 5) is 6.61. The Morgan fingerprint density at radius 1 is 1.33 bits per heavy atom. The van der Waals surface area contributed by atoms with Gasteiger partial charge in [-0.25, -0.2) is 4.39 Å². The minimum absolute atomic E-state index is 0.192. The van der Waals surface area contributed by atoms with E-state index in [-0.39, 0.29) is 12.4 Å². The molecule has 112 valence electrons. The van der Waals surface area contributed by atoms with Crippen molar-refractivity contribution in [1.82, 2.24) is 15.0 Å². The molecule has 0 amide bonds. The third-order valence-electron chi connectivity index (χ3n) is 3.91. The van der Waals surface area contributed by atoms with E-state index in [1.54, 1.807) is 0 Å². The van der Waals surface area contributed by atoms with Gasteiger partial charge in [0.2, 0.25) is 5.89 Å². The molecule has 1 saturated heterocycles. The van der Waals surface area contributed by atoms with Crippen molar-refractivity contribution in [2.75, 3.05) is 6.54 Å². The summed E-state index contributed by atoms with van der Waals surface area (Å²) in [7, 11) is 0. The first-order valence-electron chi connectivity index (χ1n) is 7.24. The van der Waals surface area contributed by atoms with Gasteiger partial charge in [0.25, 0.3) is 0 Å². The van der Waals surface area contributed by atoms with E-state index in [0.717, 1.165) is 31.4 Å². The van der Waals surface area contributed by atoms with Crippen molar-refractivity contribution < 1.29 is 8.91 Å². The van der Waals surface area contributed by atoms with Crippen LogP contribution < -0.4 is 5.73 Å². The molecule has 0 aliphatic carbocycles. The van der Waals surface area contributed by atoms with Gasteiger partial charge in [-0.1, -0.05) is 17.3 Å². The molecule has 1 unspecified atom stereocenters. The van der Waals surface area contributed by atoms with Crippen molar-refractivity contribution in [3.8, 4) is 0 Å². The molecule has 21 heavy (non-hydrogen) atoms. The van der Waals surface area contributed by atoms with Crippen LogP contribution >= 0.6 is 0 Å². The van der Waals surface area contributed by atoms with Gasteiger partial charge in [0, 0.05) is 6.04 Å². The number of hydrogen-bond acceptors (Lipinski definition) is 5. The van der Waals surface area contributed by atoms with Crippen LogP contribution in [0, 0.1) is 5.82 Å². The first-order valence-corrected chi connectivity index (χ1v) is 7.24. The molecule has 0 saturated carbocycles. The lowest BCUT2D eigenvalue weighted by atomic mass is 10.0. The van der Waals surface area contributed by atoms with Gasteiger partial charge < -0.3 is 10.3 Å². The molecular weight excluding hydrogens is 271 g/mol. The molecule has 1 atom stereocenters. The second kappa shape index (κ2) is 6.32. The standard InChI is InChI=1S/C15H19FN4O/c16-12-5-3-11(4-6-12)8-13-2-1-7-20(13)10-14-18-15(9-17)21-19-14/h3-6,13H,1-2,7-10,17H2. The smallest absolute Gasteiger partial charge is 0.240 e. The van der Waals surface area contributed by atoms with Crippen molar-refractivity contribution in [2.45, 2.75) is 38.4 Å². The fourth-order valence-electron chi connectivity index (χ4n) is 2.85. The van der Waals surface area contributed by atoms with Crippen LogP contribution in [0.25, 0.3) is 0 Å². The van der Waals surface area contributed by atoms with Crippen LogP contribution in [0.3, 0.4) is 0 Å². The Labute approximate surface area is 122 Å². The summed E-state index contributed by atoms with van der Waals surface area (Å²) in [5.74, 6) is 0.962. The zero-order valence-electron chi connectivity index (χ0n) is 11.8. The van der Waals surface area contributed by atoms with Crippen molar-refractivity contribution in [3.63, 3.8) is 0 Å². The highest BCUT2D eigenvalue weighted by atomic mass is 19.1. The lowest BCUT2D eigenvalue weighted by Crippen LogP contribution is -2.31. The maximum Gasteiger partial charge on any atom is 0.240 e. The number of likely N-dealkylation sites (tertiary alicyclic amines) is 1. The van der Waals surface area contributed by atoms with Crippen molar-refractivity contribution in [2.24, 2.45) is 5.73 Å². The summed E-state index contributed by atoms with van der Waals surface area (Å²) in [6.45, 7) is 1.97. The zero-order valence-corrected chi connectivity index (χ0v) is 11.8. The van der Waals surface area contributed by atoms with Gasteiger partial charge in [-0.2, -0.15) is 4.98 Å². The van der Waals surface area contributed by atoms with E-state index < -0.39 is 0 Å². The summed E-state index contributed by atoms with van der Waals surface area (Å²) in [5, 5.41) is 3.95. The first-order chi connectivity index (χ1) is 10.2. The Balaban J connectivity index is 1.63. The summed E-state index contributed by atoms with van der Waals surface area (Å²) in [6, 6.07) is 7.18. The Hall–Kier alpha value is -1.79. The highest BCUT2D eigenvalue weighted by Crippen LogP contribution is 2.22. The van der Waals surface area contributed by atoms with Gasteiger partial charge in [-0.05, 0) is 43.5 Å². The minimum Gasteiger partial charge on any atom is -0.338 e. The molecule has 0 bridgehead atoms. The third kappa shape index (κ3) is 3.46. The minimum atomic E-state index is -0.192. The third-order valence-corrected chi connectivity index (χ3v) is 3.91. The Bertz CT molecular complexity index is 584. The Kier molecular flexibility index (Phi) is 4.26. The second-order valence-corrected chi connectivity index (χ2v) is 5.41. The van der Waals surface area contributed by atoms with Gasteiger partial charge in [0.05, 0.1) is 13.1 Å². The van der Waals surface area contributed by atoms with Crippen LogP contribution in [0.5, 0.6) is 0 Å². The van der Waals surface area contributed by atoms with E-state index in [0.29, 0.717) is 24.3 Å². The molecule has 5 nitrogen and oxygen atoms in total. The number of halogens is 1. The molecule has 0 spiro atoms. The van der Waals surface area contributed by atoms with Gasteiger partial charge in [0.1, 0.15) is 5.82 Å². The van der Waals surface area contributed by atoms with Gasteiger partial charge in [-0.3, -0.25) is 4.90 Å². The van der Waals surface area contributed by atoms with E-state index in [1.165, 1.54) is 12.1 Å². The largest absolute Gasteiger partial charge is 0.338 e. The van der Waals surface area contributed by atoms with E-state index in [1.807, 2.05) is 12.1 Å². The predicted molar refractivity (Wildman–Crippen MR) is 75.7 cm³/mol. The molecule has 1 aromatic heterocycles. The van der Waals surface area contributed by atoms with Crippen molar-refractivity contribution in [1.29, 1.82) is 0 Å². The van der Waals surface area contributed by atoms with E-state index >= 15 is 0 Å². The number of rotatable bonds is 5. The van der Waals surface area contributed by atoms with E-state index in [2.05, 4.69) is 15.0 Å². The number of nitrogens with two attached hydrogens (primary N) is 1. The van der Waals surface area contributed by atoms with Gasteiger partial charge in [0.15, 0.2) is 5.82 Å². The molecule has 2 aromatic rings. The van der Waals surface area contributed by atoms with Crippen LogP contribution in [-0.4, -0.2) is 27.6 Å². The lowest BCUT2D eigenvalue weighted by Gasteiger charge is -2.23. The van der Waals surface area contributed by atoms with Crippen LogP contribution in [0.1, 0.15) is 30.1 Å². The zero-order chi connectivity index (χ0) is 14.7. The summed E-state index contributed by atoms with van der Waals surface area (Å²) < 4.78 is 18.0. The number of hydrogen-bond donors (Lipinski definition) is 1. The average molecular weight is 290 g/mol. The molecule has 1 aliphatic heterocycles. The predicted octanol–water partition coefficient (Wildman–Crippen LogP) is 1.87. The van der Waals surface area contributed by atoms with E-state index in [4.69, 9.17) is 10.3 Å². The Morgan fingerprint density at radius 2 is 2.14 bits per heavy atom. The SMILES string of the molecule is NCc1nc(CN2CCCC2Cc2ccc(F)cc2)no1. The molecule has 2 N–H and O–H groups in total. The lowest BCUT2D eigenvalue weighted by molar-refractivity contribution is 0.234. The number of benzene rings is 1. The molecular formula is C15H19FN4O. The topological polar surface area (TPSA) is 68.2 Å². The molecule has 1 aromatic carbocycles. The summed E-state index contributed by atoms with van der Waals surface area (Å²) >= 11 is 0. The highest BCUT2D eigenvalue weighted by Gasteiger charge is 2.26. The molecule has 1 aliphatic rings. The fourth-order valence-corrected chi connectivity index (χ4v) is 2.85. The van der Waals surface area contributed by atoms with Gasteiger partial charge >= 0.3 is 0 Å². The molecule has 1 fully saturated rings. The van der Waals surface area contributed by atoms with Crippen LogP contribution in [-0.2, 0) is 19.5 Å². The number of aromatic nitrogens is 2. The Morgan fingerprint density at radius 3 is 2.86 bits per heavy atom. The summed E-state index contributed by atoms with van der Waals surface area (Å²) in [6.07, 6.45) is 3.22. The van der Waals surface area contributed by atoms with Crippen molar-refractivity contribution in [3.05, 3.63) is 47.4 Å². The maximum absolute atomic E-state index is 13.0. The average Bonchev–Trinajstić information content (AvgIpc) is 3.12. The van der Waals surface area contributed by atoms with E-state index in [9.17, 15) is 4.39 Å². The summed E-state index contributed by atoms with van der Waals surface area (Å²) in [5.41, 5.74) is 6.63. The van der Waals surface area contributed by atoms with Crippen molar-refractivity contribution >= 4 is 0 Å². The molecule has 2 heterocycles. The number of nitrogens with zero attached hydrogens (tertiary/aromatic N) is 3. The highest BCUT2D eigenvalue weighted by molar-refractivity contribution is 5.17. The van der Waals surface area contributed by atoms with Crippen LogP contribution in [0.2, 0.25) is 0 Å². The second-order valence-electron chi connectivity index (χ2n) is 5.41. The monoisotopic (exact) mass is 290 g/mol. The molecule has 0 radical (unpaired) electrons. The fraction of sp³-hybridized carbons (Fsp3) is 0.467. The maximum atomic E-state index is 13.0. The van der Waals surface area contributed by atoms with Crippen LogP contribution in [0.15, 0.2) is 28.8 Å². The molecule has 6 heteroatoms. The van der Waals surface area contributed by atoms with Crippen LogP contribution in [0.4, 0.5) is 4.39 Å². The quantitative estimate of drug-likeness (QED) is 0.910. The molecule has 3 rings (SSSR count).